The van der Waals surface area contributed by atoms with E-state index in [1.54, 1.807) is 0 Å². The summed E-state index contributed by atoms with van der Waals surface area (Å²) < 4.78 is 4.90. The van der Waals surface area contributed by atoms with Crippen LogP contribution >= 0.6 is 0 Å². The highest BCUT2D eigenvalue weighted by Crippen LogP contribution is 2.28. The summed E-state index contributed by atoms with van der Waals surface area (Å²) in [6.07, 6.45) is 6.32. The molecular weight excluding hydrogens is 228 g/mol. The number of esters is 1. The number of methoxy groups -OCH3 is 1. The first-order valence-corrected chi connectivity index (χ1v) is 7.26. The van der Waals surface area contributed by atoms with Crippen molar-refractivity contribution in [2.45, 2.75) is 51.1 Å². The van der Waals surface area contributed by atoms with E-state index in [2.05, 4.69) is 10.2 Å². The number of rotatable bonds is 5. The number of hydrogen-bond acceptors (Lipinski definition) is 4. The van der Waals surface area contributed by atoms with Gasteiger partial charge in [0.15, 0.2) is 0 Å². The Hall–Kier alpha value is -0.610. The van der Waals surface area contributed by atoms with Crippen molar-refractivity contribution in [1.29, 1.82) is 0 Å². The van der Waals surface area contributed by atoms with Gasteiger partial charge in [-0.15, -0.1) is 0 Å². The Kier molecular flexibility index (Phi) is 5.01. The second kappa shape index (κ2) is 6.53. The Morgan fingerprint density at radius 1 is 1.39 bits per heavy atom. The van der Waals surface area contributed by atoms with Gasteiger partial charge in [0.1, 0.15) is 6.04 Å². The lowest BCUT2D eigenvalue weighted by Gasteiger charge is -2.42. The fourth-order valence-corrected chi connectivity index (χ4v) is 3.03. The molecule has 104 valence electrons. The van der Waals surface area contributed by atoms with Crippen molar-refractivity contribution in [3.63, 3.8) is 0 Å². The Bertz CT molecular complexity index is 273. The predicted molar refractivity (Wildman–Crippen MR) is 71.4 cm³/mol. The number of carbonyl (C=O) groups is 1. The molecule has 0 bridgehead atoms. The predicted octanol–water partition coefficient (Wildman–Crippen LogP) is 1.40. The number of piperidine rings is 1. The molecule has 2 atom stereocenters. The molecule has 0 spiro atoms. The summed E-state index contributed by atoms with van der Waals surface area (Å²) in [5.41, 5.74) is 0. The van der Waals surface area contributed by atoms with E-state index in [-0.39, 0.29) is 12.0 Å². The molecule has 0 aromatic rings. The van der Waals surface area contributed by atoms with Gasteiger partial charge in [0.25, 0.3) is 0 Å². The average Bonchev–Trinajstić information content (AvgIpc) is 2.35. The van der Waals surface area contributed by atoms with E-state index in [1.807, 2.05) is 6.92 Å². The van der Waals surface area contributed by atoms with E-state index in [9.17, 15) is 4.79 Å². The summed E-state index contributed by atoms with van der Waals surface area (Å²) in [6, 6.07) is 0.503. The molecule has 1 heterocycles. The standard InChI is InChI=1S/C14H26N2O2/c1-11(14(17)18-2)16(13-6-3-7-13)10-12-5-4-8-15-9-12/h11-13,15H,3-10H2,1-2H3. The van der Waals surface area contributed by atoms with Gasteiger partial charge >= 0.3 is 5.97 Å². The van der Waals surface area contributed by atoms with E-state index in [1.165, 1.54) is 39.2 Å². The Balaban J connectivity index is 1.93. The number of nitrogens with zero attached hydrogens (tertiary/aromatic N) is 1. The van der Waals surface area contributed by atoms with Crippen molar-refractivity contribution < 1.29 is 9.53 Å². The minimum atomic E-state index is -0.0952. The third-order valence-electron chi connectivity index (χ3n) is 4.45. The topological polar surface area (TPSA) is 41.6 Å². The second-order valence-electron chi connectivity index (χ2n) is 5.69. The summed E-state index contributed by atoms with van der Waals surface area (Å²) in [5, 5.41) is 3.45. The van der Waals surface area contributed by atoms with Gasteiger partial charge in [-0.25, -0.2) is 0 Å². The van der Waals surface area contributed by atoms with Crippen LogP contribution in [0, 0.1) is 5.92 Å². The van der Waals surface area contributed by atoms with Crippen LogP contribution in [0.4, 0.5) is 0 Å². The van der Waals surface area contributed by atoms with Crippen LogP contribution in [0.15, 0.2) is 0 Å². The van der Waals surface area contributed by atoms with Crippen LogP contribution in [0.5, 0.6) is 0 Å². The van der Waals surface area contributed by atoms with Gasteiger partial charge in [0, 0.05) is 12.6 Å². The molecule has 2 aliphatic rings. The van der Waals surface area contributed by atoms with E-state index >= 15 is 0 Å². The highest BCUT2D eigenvalue weighted by molar-refractivity contribution is 5.75. The highest BCUT2D eigenvalue weighted by atomic mass is 16.5. The molecule has 0 aromatic heterocycles. The van der Waals surface area contributed by atoms with Crippen molar-refractivity contribution in [1.82, 2.24) is 10.2 Å². The quantitative estimate of drug-likeness (QED) is 0.753. The Labute approximate surface area is 110 Å². The van der Waals surface area contributed by atoms with Gasteiger partial charge in [-0.3, -0.25) is 9.69 Å². The van der Waals surface area contributed by atoms with Gasteiger partial charge < -0.3 is 10.1 Å². The molecule has 0 aromatic carbocycles. The van der Waals surface area contributed by atoms with Gasteiger partial charge in [0.05, 0.1) is 7.11 Å². The first-order valence-electron chi connectivity index (χ1n) is 7.26. The zero-order chi connectivity index (χ0) is 13.0. The fraction of sp³-hybridized carbons (Fsp3) is 0.929. The van der Waals surface area contributed by atoms with Crippen molar-refractivity contribution >= 4 is 5.97 Å². The molecule has 2 fully saturated rings. The number of carbonyl (C=O) groups excluding carboxylic acids is 1. The molecule has 1 saturated carbocycles. The van der Waals surface area contributed by atoms with Crippen molar-refractivity contribution in [3.05, 3.63) is 0 Å². The second-order valence-corrected chi connectivity index (χ2v) is 5.69. The van der Waals surface area contributed by atoms with E-state index in [4.69, 9.17) is 4.74 Å². The minimum absolute atomic E-state index is 0.0920. The molecule has 1 N–H and O–H groups in total. The monoisotopic (exact) mass is 254 g/mol. The van der Waals surface area contributed by atoms with Crippen molar-refractivity contribution in [2.75, 3.05) is 26.7 Å². The zero-order valence-corrected chi connectivity index (χ0v) is 11.7. The maximum atomic E-state index is 11.8. The summed E-state index contributed by atoms with van der Waals surface area (Å²) in [6.45, 7) is 5.26. The first kappa shape index (κ1) is 13.8. The molecule has 0 radical (unpaired) electrons. The third kappa shape index (κ3) is 3.23. The largest absolute Gasteiger partial charge is 0.468 e. The van der Waals surface area contributed by atoms with Crippen LogP contribution < -0.4 is 5.32 Å². The summed E-state index contributed by atoms with van der Waals surface area (Å²) in [5.74, 6) is 0.595. The third-order valence-corrected chi connectivity index (χ3v) is 4.45. The van der Waals surface area contributed by atoms with Crippen LogP contribution in [0.25, 0.3) is 0 Å². The summed E-state index contributed by atoms with van der Waals surface area (Å²) in [7, 11) is 1.49. The fourth-order valence-electron chi connectivity index (χ4n) is 3.03. The molecule has 1 saturated heterocycles. The van der Waals surface area contributed by atoms with Crippen molar-refractivity contribution in [2.24, 2.45) is 5.92 Å². The highest BCUT2D eigenvalue weighted by Gasteiger charge is 2.33. The van der Waals surface area contributed by atoms with Crippen LogP contribution in [-0.2, 0) is 9.53 Å². The Morgan fingerprint density at radius 3 is 2.67 bits per heavy atom. The molecule has 4 nitrogen and oxygen atoms in total. The van der Waals surface area contributed by atoms with Crippen molar-refractivity contribution in [3.8, 4) is 0 Å². The van der Waals surface area contributed by atoms with E-state index in [0.717, 1.165) is 19.6 Å². The zero-order valence-electron chi connectivity index (χ0n) is 11.7. The maximum Gasteiger partial charge on any atom is 0.322 e. The van der Waals surface area contributed by atoms with Gasteiger partial charge in [0.2, 0.25) is 0 Å². The van der Waals surface area contributed by atoms with Crippen LogP contribution in [0.2, 0.25) is 0 Å². The Morgan fingerprint density at radius 2 is 2.17 bits per heavy atom. The van der Waals surface area contributed by atoms with Gasteiger partial charge in [-0.2, -0.15) is 0 Å². The molecule has 0 amide bonds. The van der Waals surface area contributed by atoms with E-state index < -0.39 is 0 Å². The molecule has 4 heteroatoms. The summed E-state index contributed by atoms with van der Waals surface area (Å²) >= 11 is 0. The summed E-state index contributed by atoms with van der Waals surface area (Å²) in [4.78, 5) is 14.1. The van der Waals surface area contributed by atoms with Crippen LogP contribution in [0.1, 0.15) is 39.0 Å². The first-order chi connectivity index (χ1) is 8.72. The minimum Gasteiger partial charge on any atom is -0.468 e. The lowest BCUT2D eigenvalue weighted by molar-refractivity contribution is -0.148. The van der Waals surface area contributed by atoms with E-state index in [0.29, 0.717) is 12.0 Å². The van der Waals surface area contributed by atoms with Crippen LogP contribution in [0.3, 0.4) is 0 Å². The normalized spacial score (nSPS) is 26.7. The molecule has 1 aliphatic heterocycles. The molecule has 1 aliphatic carbocycles. The van der Waals surface area contributed by atoms with Gasteiger partial charge in [-0.1, -0.05) is 6.42 Å². The maximum absolute atomic E-state index is 11.8. The number of nitrogens with one attached hydrogen (secondary N) is 1. The lowest BCUT2D eigenvalue weighted by Crippen LogP contribution is -2.52. The smallest absolute Gasteiger partial charge is 0.322 e. The molecule has 18 heavy (non-hydrogen) atoms. The number of hydrogen-bond donors (Lipinski definition) is 1. The molecular formula is C14H26N2O2. The average molecular weight is 254 g/mol. The molecule has 2 rings (SSSR count). The molecule has 2 unspecified atom stereocenters. The van der Waals surface area contributed by atoms with Gasteiger partial charge in [-0.05, 0) is 51.6 Å². The van der Waals surface area contributed by atoms with Crippen LogP contribution in [-0.4, -0.2) is 49.7 Å². The lowest BCUT2D eigenvalue weighted by atomic mass is 9.88. The number of ether oxygens (including phenoxy) is 1. The SMILES string of the molecule is COC(=O)C(C)N(CC1CCCNC1)C1CCC1.